The minimum absolute atomic E-state index is 0.0445. The fourth-order valence-corrected chi connectivity index (χ4v) is 2.08. The summed E-state index contributed by atoms with van der Waals surface area (Å²) in [6.07, 6.45) is 4.07. The molecular formula is C15H16O3. The van der Waals surface area contributed by atoms with Crippen molar-refractivity contribution in [3.63, 3.8) is 0 Å². The summed E-state index contributed by atoms with van der Waals surface area (Å²) in [5, 5.41) is 0. The van der Waals surface area contributed by atoms with E-state index in [0.29, 0.717) is 28.9 Å². The summed E-state index contributed by atoms with van der Waals surface area (Å²) in [5.41, 5.74) is 1.55. The summed E-state index contributed by atoms with van der Waals surface area (Å²) in [6.45, 7) is 2.06. The fourth-order valence-electron chi connectivity index (χ4n) is 2.08. The van der Waals surface area contributed by atoms with Crippen molar-refractivity contribution in [3.8, 4) is 5.75 Å². The van der Waals surface area contributed by atoms with Gasteiger partial charge in [-0.05, 0) is 37.1 Å². The molecule has 0 unspecified atom stereocenters. The average Bonchev–Trinajstić information content (AvgIpc) is 2.40. The van der Waals surface area contributed by atoms with E-state index in [1.165, 1.54) is 6.08 Å². The van der Waals surface area contributed by atoms with Crippen LogP contribution in [0.2, 0.25) is 0 Å². The molecular weight excluding hydrogens is 228 g/mol. The molecule has 3 nitrogen and oxygen atoms in total. The molecule has 0 heterocycles. The number of Topliss-reactive ketones (excluding diaryl/α,β-unsaturated/α-hetero) is 1. The molecule has 3 heteroatoms. The Morgan fingerprint density at radius 1 is 1.17 bits per heavy atom. The van der Waals surface area contributed by atoms with Gasteiger partial charge >= 0.3 is 0 Å². The summed E-state index contributed by atoms with van der Waals surface area (Å²) >= 11 is 0. The highest BCUT2D eigenvalue weighted by Crippen LogP contribution is 2.27. The highest BCUT2D eigenvalue weighted by molar-refractivity contribution is 6.24. The second-order valence-corrected chi connectivity index (χ2v) is 4.38. The first-order valence-corrected chi connectivity index (χ1v) is 6.15. The first kappa shape index (κ1) is 12.6. The SMILES string of the molecule is CCCCC1=CC(=O)c2ccc(OC)cc2C1=O. The Hall–Kier alpha value is -1.90. The highest BCUT2D eigenvalue weighted by Gasteiger charge is 2.25. The van der Waals surface area contributed by atoms with Gasteiger partial charge in [-0.25, -0.2) is 0 Å². The van der Waals surface area contributed by atoms with Gasteiger partial charge in [0, 0.05) is 16.7 Å². The van der Waals surface area contributed by atoms with Crippen molar-refractivity contribution in [3.05, 3.63) is 41.0 Å². The number of allylic oxidation sites excluding steroid dienone is 2. The zero-order valence-electron chi connectivity index (χ0n) is 10.7. The van der Waals surface area contributed by atoms with Crippen LogP contribution in [0.4, 0.5) is 0 Å². The van der Waals surface area contributed by atoms with Crippen molar-refractivity contribution in [2.45, 2.75) is 26.2 Å². The number of carbonyl (C=O) groups excluding carboxylic acids is 2. The number of carbonyl (C=O) groups is 2. The predicted molar refractivity (Wildman–Crippen MR) is 69.3 cm³/mol. The van der Waals surface area contributed by atoms with Crippen molar-refractivity contribution in [1.82, 2.24) is 0 Å². The van der Waals surface area contributed by atoms with Crippen LogP contribution in [0.1, 0.15) is 46.9 Å². The summed E-state index contributed by atoms with van der Waals surface area (Å²) in [6, 6.07) is 5.00. The first-order chi connectivity index (χ1) is 8.67. The Labute approximate surface area is 106 Å². The lowest BCUT2D eigenvalue weighted by Crippen LogP contribution is -2.17. The van der Waals surface area contributed by atoms with Gasteiger partial charge in [-0.15, -0.1) is 0 Å². The van der Waals surface area contributed by atoms with Gasteiger partial charge < -0.3 is 4.74 Å². The lowest BCUT2D eigenvalue weighted by Gasteiger charge is -2.15. The zero-order valence-corrected chi connectivity index (χ0v) is 10.7. The van der Waals surface area contributed by atoms with Crippen LogP contribution in [0.25, 0.3) is 0 Å². The molecule has 0 radical (unpaired) electrons. The van der Waals surface area contributed by atoms with Crippen LogP contribution in [-0.2, 0) is 0 Å². The van der Waals surface area contributed by atoms with E-state index in [4.69, 9.17) is 4.74 Å². The second kappa shape index (κ2) is 5.17. The van der Waals surface area contributed by atoms with E-state index in [9.17, 15) is 9.59 Å². The molecule has 18 heavy (non-hydrogen) atoms. The Balaban J connectivity index is 2.39. The van der Waals surface area contributed by atoms with Gasteiger partial charge in [-0.2, -0.15) is 0 Å². The number of benzene rings is 1. The standard InChI is InChI=1S/C15H16O3/c1-3-4-5-10-8-14(16)12-7-6-11(18-2)9-13(12)15(10)17/h6-9H,3-5H2,1-2H3. The van der Waals surface area contributed by atoms with Crippen LogP contribution in [0.3, 0.4) is 0 Å². The molecule has 0 aliphatic heterocycles. The molecule has 0 saturated carbocycles. The van der Waals surface area contributed by atoms with Gasteiger partial charge in [-0.3, -0.25) is 9.59 Å². The molecule has 0 saturated heterocycles. The second-order valence-electron chi connectivity index (χ2n) is 4.38. The Morgan fingerprint density at radius 2 is 1.94 bits per heavy atom. The van der Waals surface area contributed by atoms with Crippen molar-refractivity contribution in [2.75, 3.05) is 7.11 Å². The molecule has 0 spiro atoms. The van der Waals surface area contributed by atoms with Crippen LogP contribution in [-0.4, -0.2) is 18.7 Å². The largest absolute Gasteiger partial charge is 0.497 e. The molecule has 0 bridgehead atoms. The molecule has 0 aromatic heterocycles. The molecule has 1 aliphatic carbocycles. The molecule has 1 aromatic carbocycles. The quantitative estimate of drug-likeness (QED) is 0.817. The van der Waals surface area contributed by atoms with Crippen LogP contribution in [0.15, 0.2) is 29.8 Å². The molecule has 0 N–H and O–H groups in total. The number of hydrogen-bond donors (Lipinski definition) is 0. The molecule has 1 aliphatic rings. The number of rotatable bonds is 4. The van der Waals surface area contributed by atoms with Gasteiger partial charge in [0.1, 0.15) is 5.75 Å². The number of ether oxygens (including phenoxy) is 1. The first-order valence-electron chi connectivity index (χ1n) is 6.15. The Bertz CT molecular complexity index is 527. The van der Waals surface area contributed by atoms with Gasteiger partial charge in [0.25, 0.3) is 0 Å². The predicted octanol–water partition coefficient (Wildman–Crippen LogP) is 3.19. The van der Waals surface area contributed by atoms with Crippen molar-refractivity contribution in [2.24, 2.45) is 0 Å². The molecule has 0 atom stereocenters. The zero-order chi connectivity index (χ0) is 13.1. The van der Waals surface area contributed by atoms with E-state index in [2.05, 4.69) is 6.92 Å². The van der Waals surface area contributed by atoms with E-state index < -0.39 is 0 Å². The van der Waals surface area contributed by atoms with Crippen LogP contribution < -0.4 is 4.74 Å². The highest BCUT2D eigenvalue weighted by atomic mass is 16.5. The number of unbranched alkanes of at least 4 members (excludes halogenated alkanes) is 1. The monoisotopic (exact) mass is 244 g/mol. The number of methoxy groups -OCH3 is 1. The van der Waals surface area contributed by atoms with Gasteiger partial charge in [-0.1, -0.05) is 13.3 Å². The lowest BCUT2D eigenvalue weighted by atomic mass is 9.87. The molecule has 94 valence electrons. The number of fused-ring (bicyclic) bond motifs is 1. The van der Waals surface area contributed by atoms with E-state index in [-0.39, 0.29) is 11.6 Å². The topological polar surface area (TPSA) is 43.4 Å². The van der Waals surface area contributed by atoms with E-state index in [1.54, 1.807) is 25.3 Å². The summed E-state index contributed by atoms with van der Waals surface area (Å²) in [7, 11) is 1.55. The van der Waals surface area contributed by atoms with Gasteiger partial charge in [0.15, 0.2) is 11.6 Å². The molecule has 0 fully saturated rings. The third-order valence-corrected chi connectivity index (χ3v) is 3.13. The minimum atomic E-state index is -0.0849. The lowest BCUT2D eigenvalue weighted by molar-refractivity contribution is 0.0981. The van der Waals surface area contributed by atoms with E-state index >= 15 is 0 Å². The van der Waals surface area contributed by atoms with Crippen LogP contribution in [0, 0.1) is 0 Å². The summed E-state index contributed by atoms with van der Waals surface area (Å²) < 4.78 is 5.10. The third kappa shape index (κ3) is 2.21. The molecule has 0 amide bonds. The van der Waals surface area contributed by atoms with Crippen LogP contribution >= 0.6 is 0 Å². The van der Waals surface area contributed by atoms with Gasteiger partial charge in [0.05, 0.1) is 7.11 Å². The minimum Gasteiger partial charge on any atom is -0.497 e. The number of ketones is 2. The van der Waals surface area contributed by atoms with Gasteiger partial charge in [0.2, 0.25) is 0 Å². The maximum Gasteiger partial charge on any atom is 0.190 e. The van der Waals surface area contributed by atoms with Crippen molar-refractivity contribution < 1.29 is 14.3 Å². The maximum atomic E-state index is 12.3. The maximum absolute atomic E-state index is 12.3. The normalized spacial score (nSPS) is 14.2. The average molecular weight is 244 g/mol. The van der Waals surface area contributed by atoms with Crippen molar-refractivity contribution >= 4 is 11.6 Å². The molecule has 2 rings (SSSR count). The summed E-state index contributed by atoms with van der Waals surface area (Å²) in [5.74, 6) is 0.474. The van der Waals surface area contributed by atoms with E-state index in [0.717, 1.165) is 12.8 Å². The van der Waals surface area contributed by atoms with E-state index in [1.807, 2.05) is 0 Å². The number of hydrogen-bond acceptors (Lipinski definition) is 3. The molecule has 1 aromatic rings. The Kier molecular flexibility index (Phi) is 3.60. The van der Waals surface area contributed by atoms with Crippen molar-refractivity contribution in [1.29, 1.82) is 0 Å². The third-order valence-electron chi connectivity index (χ3n) is 3.13. The summed E-state index contributed by atoms with van der Waals surface area (Å²) in [4.78, 5) is 24.2. The Morgan fingerprint density at radius 3 is 2.61 bits per heavy atom. The fraction of sp³-hybridized carbons (Fsp3) is 0.333. The van der Waals surface area contributed by atoms with Crippen LogP contribution in [0.5, 0.6) is 5.75 Å². The smallest absolute Gasteiger partial charge is 0.190 e.